The van der Waals surface area contributed by atoms with Crippen molar-refractivity contribution in [2.24, 2.45) is 0 Å². The lowest BCUT2D eigenvalue weighted by Crippen LogP contribution is -2.36. The Morgan fingerprint density at radius 3 is 2.55 bits per heavy atom. The van der Waals surface area contributed by atoms with Gasteiger partial charge in [0, 0.05) is 32.0 Å². The molecule has 0 spiro atoms. The largest absolute Gasteiger partial charge is 0.351 e. The number of hydrogen-bond donors (Lipinski definition) is 1. The second-order valence-corrected chi connectivity index (χ2v) is 8.77. The minimum Gasteiger partial charge on any atom is -0.351 e. The highest BCUT2D eigenvalue weighted by molar-refractivity contribution is 7.89. The van der Waals surface area contributed by atoms with Crippen LogP contribution in [0.3, 0.4) is 0 Å². The molecule has 29 heavy (non-hydrogen) atoms. The Kier molecular flexibility index (Phi) is 5.20. The van der Waals surface area contributed by atoms with Gasteiger partial charge in [-0.2, -0.15) is 5.10 Å². The van der Waals surface area contributed by atoms with Crippen LogP contribution < -0.4 is 5.32 Å². The lowest BCUT2D eigenvalue weighted by Gasteiger charge is -2.15. The van der Waals surface area contributed by atoms with E-state index in [-0.39, 0.29) is 30.6 Å². The summed E-state index contributed by atoms with van der Waals surface area (Å²) in [6.45, 7) is 0.916. The maximum atomic E-state index is 13.3. The zero-order valence-electron chi connectivity index (χ0n) is 15.5. The zero-order valence-corrected chi connectivity index (χ0v) is 16.3. The van der Waals surface area contributed by atoms with Gasteiger partial charge in [-0.05, 0) is 42.8 Å². The highest BCUT2D eigenvalue weighted by Gasteiger charge is 2.28. The van der Waals surface area contributed by atoms with Crippen LogP contribution in [0.2, 0.25) is 0 Å². The summed E-state index contributed by atoms with van der Waals surface area (Å²) >= 11 is 0. The number of amides is 1. The molecule has 0 atom stereocenters. The van der Waals surface area contributed by atoms with E-state index >= 15 is 0 Å². The van der Waals surface area contributed by atoms with Gasteiger partial charge >= 0.3 is 0 Å². The van der Waals surface area contributed by atoms with Gasteiger partial charge in [-0.3, -0.25) is 4.79 Å². The van der Waals surface area contributed by atoms with Crippen LogP contribution in [0.15, 0.2) is 55.0 Å². The molecule has 1 saturated heterocycles. The maximum absolute atomic E-state index is 13.3. The van der Waals surface area contributed by atoms with Gasteiger partial charge < -0.3 is 9.88 Å². The molecule has 0 unspecified atom stereocenters. The van der Waals surface area contributed by atoms with Crippen molar-refractivity contribution in [2.45, 2.75) is 6.42 Å². The number of hydrogen-bond acceptors (Lipinski definition) is 4. The summed E-state index contributed by atoms with van der Waals surface area (Å²) in [4.78, 5) is 12.8. The van der Waals surface area contributed by atoms with E-state index in [0.29, 0.717) is 30.0 Å². The molecule has 2 aromatic heterocycles. The predicted molar refractivity (Wildman–Crippen MR) is 105 cm³/mol. The van der Waals surface area contributed by atoms with E-state index in [1.165, 1.54) is 22.6 Å². The van der Waals surface area contributed by atoms with Gasteiger partial charge in [0.05, 0.1) is 17.6 Å². The normalized spacial score (nSPS) is 16.2. The Hall–Kier alpha value is -2.98. The maximum Gasteiger partial charge on any atom is 0.256 e. The third kappa shape index (κ3) is 3.94. The summed E-state index contributed by atoms with van der Waals surface area (Å²) in [6, 6.07) is 9.45. The van der Waals surface area contributed by atoms with Crippen molar-refractivity contribution in [1.29, 1.82) is 0 Å². The van der Waals surface area contributed by atoms with Crippen LogP contribution in [-0.4, -0.2) is 58.4 Å². The van der Waals surface area contributed by atoms with Crippen molar-refractivity contribution in [3.05, 3.63) is 66.4 Å². The predicted octanol–water partition coefficient (Wildman–Crippen LogP) is 1.57. The number of carbonyl (C=O) groups is 1. The molecular weight excluding hydrogens is 397 g/mol. The number of sulfonamides is 1. The van der Waals surface area contributed by atoms with Crippen molar-refractivity contribution in [2.75, 3.05) is 25.4 Å². The van der Waals surface area contributed by atoms with Crippen LogP contribution in [0.5, 0.6) is 0 Å². The standard InChI is InChI=1S/C19H20FN5O3S/c20-15-4-6-16(7-5-15)25-19(23-9-1-2-10-23)17(14-22-25)18(26)21-8-12-24-11-3-13-29(24,27)28/h1-2,4-7,9-10,14H,3,8,11-13H2,(H,21,26). The van der Waals surface area contributed by atoms with Gasteiger partial charge in [0.25, 0.3) is 5.91 Å². The first kappa shape index (κ1) is 19.3. The van der Waals surface area contributed by atoms with E-state index in [1.807, 2.05) is 12.1 Å². The van der Waals surface area contributed by atoms with Crippen molar-refractivity contribution < 1.29 is 17.6 Å². The molecule has 0 aliphatic carbocycles. The molecule has 10 heteroatoms. The fraction of sp³-hybridized carbons (Fsp3) is 0.263. The molecule has 0 bridgehead atoms. The molecule has 3 aromatic rings. The third-order valence-corrected chi connectivity index (χ3v) is 6.72. The fourth-order valence-electron chi connectivity index (χ4n) is 3.33. The van der Waals surface area contributed by atoms with Gasteiger partial charge in [0.2, 0.25) is 10.0 Å². The van der Waals surface area contributed by atoms with E-state index in [4.69, 9.17) is 0 Å². The number of aromatic nitrogens is 3. The molecule has 1 aromatic carbocycles. The monoisotopic (exact) mass is 417 g/mol. The lowest BCUT2D eigenvalue weighted by atomic mass is 10.2. The van der Waals surface area contributed by atoms with Crippen molar-refractivity contribution >= 4 is 15.9 Å². The van der Waals surface area contributed by atoms with Crippen molar-refractivity contribution in [1.82, 2.24) is 24.0 Å². The Bertz CT molecular complexity index is 1110. The molecule has 4 rings (SSSR count). The van der Waals surface area contributed by atoms with Crippen LogP contribution in [-0.2, 0) is 10.0 Å². The smallest absolute Gasteiger partial charge is 0.256 e. The van der Waals surface area contributed by atoms with E-state index < -0.39 is 10.0 Å². The Balaban J connectivity index is 1.57. The molecule has 1 aliphatic heterocycles. The molecule has 8 nitrogen and oxygen atoms in total. The summed E-state index contributed by atoms with van der Waals surface area (Å²) in [5.41, 5.74) is 0.937. The topological polar surface area (TPSA) is 89.2 Å². The van der Waals surface area contributed by atoms with Crippen LogP contribution in [0.1, 0.15) is 16.8 Å². The second kappa shape index (κ2) is 7.80. The summed E-state index contributed by atoms with van der Waals surface area (Å²) in [7, 11) is -3.20. The van der Waals surface area contributed by atoms with Crippen LogP contribution in [0.25, 0.3) is 11.5 Å². The first-order valence-electron chi connectivity index (χ1n) is 9.19. The zero-order chi connectivity index (χ0) is 20.4. The molecule has 1 amide bonds. The van der Waals surface area contributed by atoms with Crippen LogP contribution in [0.4, 0.5) is 4.39 Å². The molecule has 1 N–H and O–H groups in total. The van der Waals surface area contributed by atoms with Crippen molar-refractivity contribution in [3.8, 4) is 11.5 Å². The minimum absolute atomic E-state index is 0.156. The first-order chi connectivity index (χ1) is 14.0. The molecule has 152 valence electrons. The van der Waals surface area contributed by atoms with Gasteiger partial charge in [0.1, 0.15) is 11.4 Å². The molecule has 0 radical (unpaired) electrons. The summed E-state index contributed by atoms with van der Waals surface area (Å²) in [5.74, 6) is -0.0619. The number of halogens is 1. The number of nitrogens with one attached hydrogen (secondary N) is 1. The summed E-state index contributed by atoms with van der Waals surface area (Å²) in [5, 5.41) is 7.08. The van der Waals surface area contributed by atoms with E-state index in [1.54, 1.807) is 33.8 Å². The average Bonchev–Trinajstić information content (AvgIpc) is 3.42. The lowest BCUT2D eigenvalue weighted by molar-refractivity contribution is 0.0952. The molecular formula is C19H20FN5O3S. The summed E-state index contributed by atoms with van der Waals surface area (Å²) < 4.78 is 41.7. The number of benzene rings is 1. The first-order valence-corrected chi connectivity index (χ1v) is 10.8. The van der Waals surface area contributed by atoms with E-state index in [0.717, 1.165) is 0 Å². The average molecular weight is 417 g/mol. The highest BCUT2D eigenvalue weighted by Crippen LogP contribution is 2.20. The summed E-state index contributed by atoms with van der Waals surface area (Å²) in [6.07, 6.45) is 5.62. The molecule has 1 fully saturated rings. The van der Waals surface area contributed by atoms with E-state index in [9.17, 15) is 17.6 Å². The van der Waals surface area contributed by atoms with Gasteiger partial charge in [0.15, 0.2) is 5.82 Å². The quantitative estimate of drug-likeness (QED) is 0.659. The highest BCUT2D eigenvalue weighted by atomic mass is 32.2. The van der Waals surface area contributed by atoms with Gasteiger partial charge in [-0.25, -0.2) is 21.8 Å². The second-order valence-electron chi connectivity index (χ2n) is 6.68. The fourth-order valence-corrected chi connectivity index (χ4v) is 4.86. The SMILES string of the molecule is O=C(NCCN1CCCS1(=O)=O)c1cnn(-c2ccc(F)cc2)c1-n1cccc1. The number of carbonyl (C=O) groups excluding carboxylic acids is 1. The minimum atomic E-state index is -3.20. The molecule has 0 saturated carbocycles. The van der Waals surface area contributed by atoms with Gasteiger partial charge in [-0.1, -0.05) is 0 Å². The van der Waals surface area contributed by atoms with Crippen LogP contribution >= 0.6 is 0 Å². The van der Waals surface area contributed by atoms with Gasteiger partial charge in [-0.15, -0.1) is 0 Å². The Morgan fingerprint density at radius 1 is 1.17 bits per heavy atom. The number of rotatable bonds is 6. The van der Waals surface area contributed by atoms with Crippen molar-refractivity contribution in [3.63, 3.8) is 0 Å². The molecule has 3 heterocycles. The Morgan fingerprint density at radius 2 is 1.90 bits per heavy atom. The number of nitrogens with zero attached hydrogens (tertiary/aromatic N) is 4. The van der Waals surface area contributed by atoms with Crippen LogP contribution in [0, 0.1) is 5.82 Å². The third-order valence-electron chi connectivity index (χ3n) is 4.76. The Labute approximate surface area is 167 Å². The molecule has 1 aliphatic rings. The van der Waals surface area contributed by atoms with E-state index in [2.05, 4.69) is 10.4 Å².